The third-order valence-electron chi connectivity index (χ3n) is 3.83. The van der Waals surface area contributed by atoms with Crippen molar-refractivity contribution >= 4 is 27.6 Å². The quantitative estimate of drug-likeness (QED) is 0.608. The number of carboxylic acid groups (broad SMARTS) is 2. The monoisotopic (exact) mass is 411 g/mol. The third-order valence-corrected chi connectivity index (χ3v) is 5.60. The van der Waals surface area contributed by atoms with E-state index in [-0.39, 0.29) is 41.3 Å². The molecular formula is C18H18FNO7S. The Labute approximate surface area is 160 Å². The number of carbonyl (C=O) groups is 2. The first-order chi connectivity index (χ1) is 13.1. The van der Waals surface area contributed by atoms with Crippen LogP contribution in [-0.4, -0.2) is 44.2 Å². The van der Waals surface area contributed by atoms with Gasteiger partial charge in [0.25, 0.3) is 10.0 Å². The number of ether oxygens (including phenoxy) is 1. The van der Waals surface area contributed by atoms with E-state index in [0.717, 1.165) is 22.5 Å². The maximum atomic E-state index is 14.2. The molecule has 0 spiro atoms. The first-order valence-electron chi connectivity index (χ1n) is 8.10. The number of benzene rings is 2. The van der Waals surface area contributed by atoms with Gasteiger partial charge >= 0.3 is 11.9 Å². The van der Waals surface area contributed by atoms with Crippen molar-refractivity contribution in [1.82, 2.24) is 0 Å². The Morgan fingerprint density at radius 3 is 2.43 bits per heavy atom. The molecule has 0 aliphatic carbocycles. The number of aliphatic carboxylic acids is 1. The summed E-state index contributed by atoms with van der Waals surface area (Å²) < 4.78 is 45.6. The van der Waals surface area contributed by atoms with E-state index in [0.29, 0.717) is 0 Å². The third kappa shape index (κ3) is 4.77. The van der Waals surface area contributed by atoms with Crippen LogP contribution >= 0.6 is 0 Å². The minimum Gasteiger partial charge on any atom is -0.491 e. The molecule has 0 aliphatic heterocycles. The van der Waals surface area contributed by atoms with E-state index < -0.39 is 27.8 Å². The Hall–Kier alpha value is -3.14. The lowest BCUT2D eigenvalue weighted by atomic mass is 10.2. The molecule has 2 N–H and O–H groups in total. The topological polar surface area (TPSA) is 121 Å². The summed E-state index contributed by atoms with van der Waals surface area (Å²) in [4.78, 5) is 21.4. The van der Waals surface area contributed by atoms with Crippen molar-refractivity contribution in [3.8, 4) is 5.75 Å². The van der Waals surface area contributed by atoms with Crippen LogP contribution in [0.15, 0.2) is 47.4 Å². The summed E-state index contributed by atoms with van der Waals surface area (Å²) in [5, 5.41) is 17.8. The van der Waals surface area contributed by atoms with E-state index in [1.807, 2.05) is 0 Å². The Balaban J connectivity index is 2.25. The molecule has 0 aliphatic rings. The summed E-state index contributed by atoms with van der Waals surface area (Å²) >= 11 is 0. The lowest BCUT2D eigenvalue weighted by molar-refractivity contribution is -0.137. The number of anilines is 1. The van der Waals surface area contributed by atoms with Gasteiger partial charge in [0, 0.05) is 13.5 Å². The summed E-state index contributed by atoms with van der Waals surface area (Å²) in [5.74, 6) is -3.45. The SMILES string of the molecule is CN(c1ccccc1C(=O)O)S(=O)(=O)c1ccc(OCCCC(=O)O)c(F)c1. The van der Waals surface area contributed by atoms with Gasteiger partial charge in [0.2, 0.25) is 0 Å². The minimum atomic E-state index is -4.23. The Kier molecular flexibility index (Phi) is 6.57. The van der Waals surface area contributed by atoms with Crippen LogP contribution in [0, 0.1) is 5.82 Å². The second kappa shape index (κ2) is 8.70. The molecule has 0 amide bonds. The highest BCUT2D eigenvalue weighted by Gasteiger charge is 2.26. The Bertz CT molecular complexity index is 991. The molecule has 0 saturated carbocycles. The summed E-state index contributed by atoms with van der Waals surface area (Å²) in [6, 6.07) is 8.56. The van der Waals surface area contributed by atoms with Crippen LogP contribution in [0.2, 0.25) is 0 Å². The van der Waals surface area contributed by atoms with Crippen LogP contribution < -0.4 is 9.04 Å². The zero-order valence-electron chi connectivity index (χ0n) is 14.8. The fraction of sp³-hybridized carbons (Fsp3) is 0.222. The molecular weight excluding hydrogens is 393 g/mol. The molecule has 28 heavy (non-hydrogen) atoms. The normalized spacial score (nSPS) is 11.1. The number of sulfonamides is 1. The van der Waals surface area contributed by atoms with Crippen molar-refractivity contribution in [1.29, 1.82) is 0 Å². The van der Waals surface area contributed by atoms with E-state index >= 15 is 0 Å². The highest BCUT2D eigenvalue weighted by atomic mass is 32.2. The maximum absolute atomic E-state index is 14.2. The molecule has 0 bridgehead atoms. The Morgan fingerprint density at radius 1 is 1.14 bits per heavy atom. The molecule has 2 rings (SSSR count). The van der Waals surface area contributed by atoms with Crippen molar-refractivity contribution in [2.75, 3.05) is 18.0 Å². The summed E-state index contributed by atoms with van der Waals surface area (Å²) in [6.07, 6.45) is 0.0331. The van der Waals surface area contributed by atoms with E-state index in [1.54, 1.807) is 0 Å². The predicted molar refractivity (Wildman–Crippen MR) is 97.8 cm³/mol. The summed E-state index contributed by atoms with van der Waals surface area (Å²) in [5.41, 5.74) is -0.281. The first kappa shape index (κ1) is 21.2. The molecule has 0 heterocycles. The van der Waals surface area contributed by atoms with Crippen LogP contribution in [0.4, 0.5) is 10.1 Å². The second-order valence-corrected chi connectivity index (χ2v) is 7.70. The first-order valence-corrected chi connectivity index (χ1v) is 9.54. The van der Waals surface area contributed by atoms with Gasteiger partial charge in [-0.25, -0.2) is 17.6 Å². The van der Waals surface area contributed by atoms with Crippen LogP contribution in [0.3, 0.4) is 0 Å². The van der Waals surface area contributed by atoms with Gasteiger partial charge in [0.15, 0.2) is 11.6 Å². The molecule has 2 aromatic rings. The van der Waals surface area contributed by atoms with Gasteiger partial charge in [-0.3, -0.25) is 9.10 Å². The van der Waals surface area contributed by atoms with Crippen molar-refractivity contribution in [3.05, 3.63) is 53.8 Å². The molecule has 0 fully saturated rings. The number of hydrogen-bond acceptors (Lipinski definition) is 5. The number of aromatic carboxylic acids is 1. The number of hydrogen-bond donors (Lipinski definition) is 2. The number of halogens is 1. The van der Waals surface area contributed by atoms with E-state index in [2.05, 4.69) is 0 Å². The largest absolute Gasteiger partial charge is 0.491 e. The van der Waals surface area contributed by atoms with Gasteiger partial charge in [0.05, 0.1) is 22.8 Å². The zero-order valence-corrected chi connectivity index (χ0v) is 15.6. The van der Waals surface area contributed by atoms with Crippen LogP contribution in [0.5, 0.6) is 5.75 Å². The number of carboxylic acids is 2. The van der Waals surface area contributed by atoms with Crippen LogP contribution in [-0.2, 0) is 14.8 Å². The second-order valence-electron chi connectivity index (χ2n) is 5.73. The van der Waals surface area contributed by atoms with Crippen LogP contribution in [0.1, 0.15) is 23.2 Å². The molecule has 10 heteroatoms. The van der Waals surface area contributed by atoms with Gasteiger partial charge < -0.3 is 14.9 Å². The zero-order chi connectivity index (χ0) is 20.9. The average Bonchev–Trinajstić information content (AvgIpc) is 2.65. The van der Waals surface area contributed by atoms with Crippen LogP contribution in [0.25, 0.3) is 0 Å². The lowest BCUT2D eigenvalue weighted by Gasteiger charge is -2.21. The summed E-state index contributed by atoms with van der Waals surface area (Å²) in [6.45, 7) is -0.0405. The van der Waals surface area contributed by atoms with Crippen molar-refractivity contribution < 1.29 is 37.3 Å². The standard InChI is InChI=1S/C18H18FNO7S/c1-20(15-6-3-2-5-13(15)18(23)24)28(25,26)12-8-9-16(14(19)11-12)27-10-4-7-17(21)22/h2-3,5-6,8-9,11H,4,7,10H2,1H3,(H,21,22)(H,23,24). The molecule has 0 atom stereocenters. The molecule has 2 aromatic carbocycles. The van der Waals surface area contributed by atoms with E-state index in [4.69, 9.17) is 9.84 Å². The highest BCUT2D eigenvalue weighted by Crippen LogP contribution is 2.28. The smallest absolute Gasteiger partial charge is 0.337 e. The van der Waals surface area contributed by atoms with Gasteiger partial charge in [0.1, 0.15) is 0 Å². The molecule has 0 saturated heterocycles. The molecule has 0 radical (unpaired) electrons. The van der Waals surface area contributed by atoms with Gasteiger partial charge in [-0.15, -0.1) is 0 Å². The number of rotatable bonds is 9. The van der Waals surface area contributed by atoms with Crippen molar-refractivity contribution in [3.63, 3.8) is 0 Å². The maximum Gasteiger partial charge on any atom is 0.337 e. The predicted octanol–water partition coefficient (Wildman–Crippen LogP) is 2.59. The molecule has 0 unspecified atom stereocenters. The molecule has 150 valence electrons. The lowest BCUT2D eigenvalue weighted by Crippen LogP contribution is -2.28. The Morgan fingerprint density at radius 2 is 1.82 bits per heavy atom. The van der Waals surface area contributed by atoms with Crippen molar-refractivity contribution in [2.24, 2.45) is 0 Å². The minimum absolute atomic E-state index is 0.0405. The fourth-order valence-corrected chi connectivity index (χ4v) is 3.61. The van der Waals surface area contributed by atoms with Gasteiger partial charge in [-0.2, -0.15) is 0 Å². The molecule has 0 aromatic heterocycles. The summed E-state index contributed by atoms with van der Waals surface area (Å²) in [7, 11) is -3.06. The highest BCUT2D eigenvalue weighted by molar-refractivity contribution is 7.92. The number of para-hydroxylation sites is 1. The molecule has 8 nitrogen and oxygen atoms in total. The average molecular weight is 411 g/mol. The fourth-order valence-electron chi connectivity index (χ4n) is 2.38. The van der Waals surface area contributed by atoms with E-state index in [1.165, 1.54) is 31.3 Å². The van der Waals surface area contributed by atoms with Gasteiger partial charge in [-0.05, 0) is 36.8 Å². The van der Waals surface area contributed by atoms with Crippen molar-refractivity contribution in [2.45, 2.75) is 17.7 Å². The van der Waals surface area contributed by atoms with E-state index in [9.17, 15) is 27.5 Å². The number of nitrogens with zero attached hydrogens (tertiary/aromatic N) is 1. The van der Waals surface area contributed by atoms with Gasteiger partial charge in [-0.1, -0.05) is 12.1 Å².